The van der Waals surface area contributed by atoms with Gasteiger partial charge in [0.1, 0.15) is 22.5 Å². The minimum atomic E-state index is -0.942. The molecule has 0 radical (unpaired) electrons. The highest BCUT2D eigenvalue weighted by molar-refractivity contribution is 9.10. The molecule has 1 unspecified atom stereocenters. The largest absolute Gasteiger partial charge is 0.505 e. The fraction of sp³-hybridized carbons (Fsp3) is 0.208. The van der Waals surface area contributed by atoms with E-state index in [9.17, 15) is 15.0 Å². The third-order valence-electron chi connectivity index (χ3n) is 5.71. The van der Waals surface area contributed by atoms with Crippen molar-refractivity contribution in [3.63, 3.8) is 0 Å². The Labute approximate surface area is 188 Å². The molecular formula is C24H22BrN3O3. The molecule has 0 aliphatic carbocycles. The molecule has 4 aromatic rings. The van der Waals surface area contributed by atoms with Crippen molar-refractivity contribution in [2.24, 2.45) is 0 Å². The zero-order chi connectivity index (χ0) is 22.3. The first-order valence-electron chi connectivity index (χ1n) is 9.87. The molecule has 0 bridgehead atoms. The number of phenols is 1. The molecule has 1 atom stereocenters. The Hall–Kier alpha value is -3.19. The van der Waals surface area contributed by atoms with Gasteiger partial charge in [-0.15, -0.1) is 15.0 Å². The maximum absolute atomic E-state index is 11.7. The lowest BCUT2D eigenvalue weighted by atomic mass is 9.76. The predicted octanol–water partition coefficient (Wildman–Crippen LogP) is 5.40. The minimum Gasteiger partial charge on any atom is -0.505 e. The summed E-state index contributed by atoms with van der Waals surface area (Å²) in [4.78, 5) is 13.1. The molecule has 31 heavy (non-hydrogen) atoms. The summed E-state index contributed by atoms with van der Waals surface area (Å²) in [6.45, 7) is 5.63. The van der Waals surface area contributed by atoms with Gasteiger partial charge in [0, 0.05) is 15.5 Å². The second-order valence-corrected chi connectivity index (χ2v) is 9.03. The van der Waals surface area contributed by atoms with Crippen molar-refractivity contribution in [1.82, 2.24) is 15.0 Å². The van der Waals surface area contributed by atoms with E-state index in [0.717, 1.165) is 10.0 Å². The Kier molecular flexibility index (Phi) is 5.31. The number of carboxylic acid groups (broad SMARTS) is 1. The van der Waals surface area contributed by atoms with Gasteiger partial charge in [0.2, 0.25) is 0 Å². The average molecular weight is 480 g/mol. The van der Waals surface area contributed by atoms with Crippen molar-refractivity contribution in [3.8, 4) is 11.4 Å². The Balaban J connectivity index is 1.97. The SMILES string of the molecule is CC(C(=O)O)c1cc(-n2nc3ccc(Br)cc3n2)c(O)c(C(C)(C)c2ccccc2)c1. The van der Waals surface area contributed by atoms with E-state index in [-0.39, 0.29) is 5.75 Å². The fourth-order valence-electron chi connectivity index (χ4n) is 3.67. The molecule has 0 fully saturated rings. The number of aliphatic carboxylic acids is 1. The van der Waals surface area contributed by atoms with Crippen molar-refractivity contribution in [2.75, 3.05) is 0 Å². The first-order chi connectivity index (χ1) is 14.7. The van der Waals surface area contributed by atoms with Crippen LogP contribution in [0.15, 0.2) is 65.1 Å². The summed E-state index contributed by atoms with van der Waals surface area (Å²) < 4.78 is 0.871. The molecule has 7 heteroatoms. The van der Waals surface area contributed by atoms with E-state index in [4.69, 9.17) is 0 Å². The van der Waals surface area contributed by atoms with Crippen LogP contribution in [-0.4, -0.2) is 31.2 Å². The van der Waals surface area contributed by atoms with Gasteiger partial charge < -0.3 is 10.2 Å². The third kappa shape index (κ3) is 3.81. The molecule has 0 amide bonds. The molecule has 2 N–H and O–H groups in total. The van der Waals surface area contributed by atoms with E-state index in [1.807, 2.05) is 62.4 Å². The summed E-state index contributed by atoms with van der Waals surface area (Å²) >= 11 is 3.43. The van der Waals surface area contributed by atoms with Crippen LogP contribution >= 0.6 is 15.9 Å². The second-order valence-electron chi connectivity index (χ2n) is 8.11. The van der Waals surface area contributed by atoms with Crippen molar-refractivity contribution in [2.45, 2.75) is 32.1 Å². The number of rotatable bonds is 5. The molecule has 158 valence electrons. The normalized spacial score (nSPS) is 12.8. The lowest BCUT2D eigenvalue weighted by Gasteiger charge is -2.28. The van der Waals surface area contributed by atoms with Crippen LogP contribution in [0.1, 0.15) is 43.4 Å². The zero-order valence-electron chi connectivity index (χ0n) is 17.4. The molecule has 0 aliphatic heterocycles. The lowest BCUT2D eigenvalue weighted by Crippen LogP contribution is -2.21. The van der Waals surface area contributed by atoms with Gasteiger partial charge in [0.05, 0.1) is 5.92 Å². The number of benzene rings is 3. The second kappa shape index (κ2) is 7.81. The van der Waals surface area contributed by atoms with Crippen LogP contribution in [0.5, 0.6) is 5.75 Å². The monoisotopic (exact) mass is 479 g/mol. The number of carboxylic acids is 1. The summed E-state index contributed by atoms with van der Waals surface area (Å²) in [5.41, 5.74) is 3.28. The summed E-state index contributed by atoms with van der Waals surface area (Å²) in [6.07, 6.45) is 0. The van der Waals surface area contributed by atoms with E-state index >= 15 is 0 Å². The average Bonchev–Trinajstić information content (AvgIpc) is 3.16. The Bertz CT molecular complexity index is 1280. The number of carbonyl (C=O) groups is 1. The van der Waals surface area contributed by atoms with Crippen LogP contribution in [0.4, 0.5) is 0 Å². The predicted molar refractivity (Wildman–Crippen MR) is 123 cm³/mol. The number of aromatic hydroxyl groups is 1. The molecule has 4 rings (SSSR count). The van der Waals surface area contributed by atoms with Crippen LogP contribution < -0.4 is 0 Å². The standard InChI is InChI=1S/C24H22BrN3O3/c1-14(23(30)31)15-11-18(24(2,3)16-7-5-4-6-8-16)22(29)21(12-15)28-26-19-10-9-17(25)13-20(19)27-28/h4-14,29H,1-3H3,(H,30,31). The number of halogens is 1. The minimum absolute atomic E-state index is 0.0227. The molecule has 1 aromatic heterocycles. The molecule has 3 aromatic carbocycles. The van der Waals surface area contributed by atoms with E-state index in [1.54, 1.807) is 19.1 Å². The van der Waals surface area contributed by atoms with Gasteiger partial charge in [-0.3, -0.25) is 4.79 Å². The van der Waals surface area contributed by atoms with Crippen LogP contribution in [0.25, 0.3) is 16.7 Å². The number of hydrogen-bond acceptors (Lipinski definition) is 4. The van der Waals surface area contributed by atoms with Gasteiger partial charge in [0.15, 0.2) is 0 Å². The number of hydrogen-bond donors (Lipinski definition) is 2. The van der Waals surface area contributed by atoms with Gasteiger partial charge in [-0.25, -0.2) is 0 Å². The van der Waals surface area contributed by atoms with Crippen LogP contribution in [-0.2, 0) is 10.2 Å². The highest BCUT2D eigenvalue weighted by atomic mass is 79.9. The number of aromatic nitrogens is 3. The topological polar surface area (TPSA) is 88.2 Å². The van der Waals surface area contributed by atoms with Crippen molar-refractivity contribution < 1.29 is 15.0 Å². The van der Waals surface area contributed by atoms with Gasteiger partial charge in [0.25, 0.3) is 0 Å². The number of nitrogens with zero attached hydrogens (tertiary/aromatic N) is 3. The van der Waals surface area contributed by atoms with Crippen molar-refractivity contribution in [3.05, 3.63) is 81.8 Å². The molecule has 0 saturated heterocycles. The van der Waals surface area contributed by atoms with Crippen LogP contribution in [0.2, 0.25) is 0 Å². The molecule has 0 spiro atoms. The molecule has 6 nitrogen and oxygen atoms in total. The smallest absolute Gasteiger partial charge is 0.310 e. The van der Waals surface area contributed by atoms with Gasteiger partial charge in [-0.05, 0) is 42.3 Å². The van der Waals surface area contributed by atoms with Crippen molar-refractivity contribution >= 4 is 32.9 Å². The highest BCUT2D eigenvalue weighted by Crippen LogP contribution is 2.41. The number of fused-ring (bicyclic) bond motifs is 1. The van der Waals surface area contributed by atoms with Gasteiger partial charge in [-0.2, -0.15) is 0 Å². The van der Waals surface area contributed by atoms with E-state index in [0.29, 0.717) is 27.8 Å². The quantitative estimate of drug-likeness (QED) is 0.399. The molecule has 0 saturated carbocycles. The summed E-state index contributed by atoms with van der Waals surface area (Å²) in [5, 5.41) is 29.9. The molecular weight excluding hydrogens is 458 g/mol. The maximum atomic E-state index is 11.7. The highest BCUT2D eigenvalue weighted by Gasteiger charge is 2.30. The van der Waals surface area contributed by atoms with Crippen molar-refractivity contribution in [1.29, 1.82) is 0 Å². The fourth-order valence-corrected chi connectivity index (χ4v) is 4.02. The first-order valence-corrected chi connectivity index (χ1v) is 10.7. The Morgan fingerprint density at radius 2 is 1.71 bits per heavy atom. The van der Waals surface area contributed by atoms with Gasteiger partial charge >= 0.3 is 5.97 Å². The number of phenolic OH excluding ortho intramolecular Hbond substituents is 1. The van der Waals surface area contributed by atoms with E-state index in [1.165, 1.54) is 4.80 Å². The van der Waals surface area contributed by atoms with Gasteiger partial charge in [-0.1, -0.05) is 66.2 Å². The molecule has 0 aliphatic rings. The summed E-state index contributed by atoms with van der Waals surface area (Å²) in [7, 11) is 0. The molecule has 1 heterocycles. The zero-order valence-corrected chi connectivity index (χ0v) is 19.0. The summed E-state index contributed by atoms with van der Waals surface area (Å²) in [5.74, 6) is -1.68. The van der Waals surface area contributed by atoms with E-state index in [2.05, 4.69) is 26.1 Å². The van der Waals surface area contributed by atoms with E-state index < -0.39 is 17.3 Å². The lowest BCUT2D eigenvalue weighted by molar-refractivity contribution is -0.138. The summed E-state index contributed by atoms with van der Waals surface area (Å²) in [6, 6.07) is 18.8. The Morgan fingerprint density at radius 1 is 1.03 bits per heavy atom. The third-order valence-corrected chi connectivity index (χ3v) is 6.20. The maximum Gasteiger partial charge on any atom is 0.310 e. The first kappa shape index (κ1) is 21.1. The van der Waals surface area contributed by atoms with Crippen LogP contribution in [0.3, 0.4) is 0 Å². The van der Waals surface area contributed by atoms with Crippen LogP contribution in [0, 0.1) is 0 Å². The Morgan fingerprint density at radius 3 is 2.39 bits per heavy atom.